The molecule has 0 aliphatic carbocycles. The predicted octanol–water partition coefficient (Wildman–Crippen LogP) is 3.32. The first-order valence-electron chi connectivity index (χ1n) is 10.1. The van der Waals surface area contributed by atoms with Crippen LogP contribution in [-0.4, -0.2) is 43.5 Å². The van der Waals surface area contributed by atoms with Crippen LogP contribution in [0.25, 0.3) is 11.0 Å². The summed E-state index contributed by atoms with van der Waals surface area (Å²) >= 11 is 6.13. The summed E-state index contributed by atoms with van der Waals surface area (Å²) in [6.45, 7) is 4.25. The van der Waals surface area contributed by atoms with Gasteiger partial charge in [0.05, 0.1) is 23.2 Å². The standard InChI is InChI=1S/C24H19ClN2O5/c1-3-10-26-17-7-5-4-6-16(17)24(23(26)30)19-20(28)15-13-14(25)8-9-18(15)32-21(19)22(29)27(24)11-12-31-2/h3-9,13H,1,10-12H2,2H3. The molecule has 32 heavy (non-hydrogen) atoms. The molecule has 2 aliphatic rings. The van der Waals surface area contributed by atoms with E-state index >= 15 is 0 Å². The van der Waals surface area contributed by atoms with Crippen LogP contribution in [0.2, 0.25) is 5.02 Å². The Morgan fingerprint density at radius 2 is 1.97 bits per heavy atom. The van der Waals surface area contributed by atoms with Gasteiger partial charge in [0.15, 0.2) is 11.0 Å². The van der Waals surface area contributed by atoms with Crippen molar-refractivity contribution >= 4 is 40.1 Å². The highest BCUT2D eigenvalue weighted by atomic mass is 35.5. The third-order valence-corrected chi connectivity index (χ3v) is 6.26. The predicted molar refractivity (Wildman–Crippen MR) is 120 cm³/mol. The van der Waals surface area contributed by atoms with E-state index in [4.69, 9.17) is 20.8 Å². The van der Waals surface area contributed by atoms with Crippen molar-refractivity contribution in [3.05, 3.63) is 87.3 Å². The molecule has 3 aromatic rings. The number of carbonyl (C=O) groups excluding carboxylic acids is 2. The van der Waals surface area contributed by atoms with Crippen LogP contribution in [0.1, 0.15) is 21.7 Å². The van der Waals surface area contributed by atoms with Crippen LogP contribution in [0.4, 0.5) is 5.69 Å². The molecule has 2 amide bonds. The molecular weight excluding hydrogens is 432 g/mol. The summed E-state index contributed by atoms with van der Waals surface area (Å²) in [7, 11) is 1.51. The molecule has 1 spiro atoms. The first-order chi connectivity index (χ1) is 15.5. The Bertz CT molecular complexity index is 1360. The van der Waals surface area contributed by atoms with Crippen molar-refractivity contribution in [2.75, 3.05) is 31.7 Å². The van der Waals surface area contributed by atoms with Crippen LogP contribution in [0.3, 0.4) is 0 Å². The molecule has 5 rings (SSSR count). The van der Waals surface area contributed by atoms with Crippen LogP contribution < -0.4 is 10.3 Å². The van der Waals surface area contributed by atoms with Crippen LogP contribution >= 0.6 is 11.6 Å². The highest BCUT2D eigenvalue weighted by molar-refractivity contribution is 6.31. The third-order valence-electron chi connectivity index (χ3n) is 6.03. The van der Waals surface area contributed by atoms with Gasteiger partial charge in [-0.1, -0.05) is 35.9 Å². The number of para-hydroxylation sites is 1. The molecule has 1 aromatic heterocycles. The van der Waals surface area contributed by atoms with E-state index in [0.29, 0.717) is 16.3 Å². The number of halogens is 1. The van der Waals surface area contributed by atoms with Crippen LogP contribution in [0, 0.1) is 0 Å². The first-order valence-corrected chi connectivity index (χ1v) is 10.4. The summed E-state index contributed by atoms with van der Waals surface area (Å²) in [5.41, 5.74) is -0.702. The number of ether oxygens (including phenoxy) is 1. The molecule has 0 saturated heterocycles. The minimum absolute atomic E-state index is 0.0115. The molecule has 0 N–H and O–H groups in total. The van der Waals surface area contributed by atoms with Gasteiger partial charge in [-0.05, 0) is 24.3 Å². The molecule has 7 nitrogen and oxygen atoms in total. The zero-order chi connectivity index (χ0) is 22.6. The summed E-state index contributed by atoms with van der Waals surface area (Å²) in [6, 6.07) is 11.8. The van der Waals surface area contributed by atoms with Gasteiger partial charge in [-0.25, -0.2) is 0 Å². The quantitative estimate of drug-likeness (QED) is 0.557. The van der Waals surface area contributed by atoms with Crippen LogP contribution in [-0.2, 0) is 15.1 Å². The number of benzene rings is 2. The number of hydrogen-bond acceptors (Lipinski definition) is 5. The van der Waals surface area contributed by atoms with E-state index in [0.717, 1.165) is 0 Å². The van der Waals surface area contributed by atoms with Gasteiger partial charge in [0.1, 0.15) is 5.58 Å². The number of methoxy groups -OCH3 is 1. The van der Waals surface area contributed by atoms with Gasteiger partial charge in [0.2, 0.25) is 5.76 Å². The fourth-order valence-electron chi connectivity index (χ4n) is 4.76. The minimum Gasteiger partial charge on any atom is -0.450 e. The number of nitrogens with zero attached hydrogens (tertiary/aromatic N) is 2. The van der Waals surface area contributed by atoms with Crippen molar-refractivity contribution in [3.63, 3.8) is 0 Å². The molecule has 0 bridgehead atoms. The maximum Gasteiger partial charge on any atom is 0.291 e. The van der Waals surface area contributed by atoms with Gasteiger partial charge in [0.25, 0.3) is 11.8 Å². The molecule has 1 atom stereocenters. The van der Waals surface area contributed by atoms with Crippen molar-refractivity contribution in [2.24, 2.45) is 0 Å². The van der Waals surface area contributed by atoms with Crippen LogP contribution in [0.15, 0.2) is 64.3 Å². The lowest BCUT2D eigenvalue weighted by Crippen LogP contribution is -2.54. The summed E-state index contributed by atoms with van der Waals surface area (Å²) in [5, 5.41) is 0.565. The van der Waals surface area contributed by atoms with Gasteiger partial charge < -0.3 is 19.0 Å². The smallest absolute Gasteiger partial charge is 0.291 e. The second kappa shape index (κ2) is 7.32. The van der Waals surface area contributed by atoms with Gasteiger partial charge in [-0.2, -0.15) is 0 Å². The normalized spacial score (nSPS) is 19.2. The van der Waals surface area contributed by atoms with Gasteiger partial charge in [-0.15, -0.1) is 6.58 Å². The Hall–Kier alpha value is -3.42. The van der Waals surface area contributed by atoms with E-state index in [1.807, 2.05) is 0 Å². The lowest BCUT2D eigenvalue weighted by atomic mass is 9.84. The third kappa shape index (κ3) is 2.49. The average molecular weight is 451 g/mol. The van der Waals surface area contributed by atoms with E-state index in [1.54, 1.807) is 42.5 Å². The van der Waals surface area contributed by atoms with Crippen molar-refractivity contribution in [3.8, 4) is 0 Å². The van der Waals surface area contributed by atoms with Gasteiger partial charge >= 0.3 is 0 Å². The van der Waals surface area contributed by atoms with Crippen molar-refractivity contribution in [1.29, 1.82) is 0 Å². The minimum atomic E-state index is -1.65. The largest absolute Gasteiger partial charge is 0.450 e. The second-order valence-corrected chi connectivity index (χ2v) is 8.09. The molecule has 2 aromatic carbocycles. The van der Waals surface area contributed by atoms with E-state index in [2.05, 4.69) is 6.58 Å². The Kier molecular flexibility index (Phi) is 4.69. The Morgan fingerprint density at radius 3 is 2.72 bits per heavy atom. The zero-order valence-electron chi connectivity index (χ0n) is 17.3. The summed E-state index contributed by atoms with van der Waals surface area (Å²) in [4.78, 5) is 44.3. The Balaban J connectivity index is 1.91. The molecule has 0 fully saturated rings. The van der Waals surface area contributed by atoms with E-state index in [9.17, 15) is 14.4 Å². The number of anilines is 1. The van der Waals surface area contributed by atoms with Crippen molar-refractivity contribution in [1.82, 2.24) is 4.90 Å². The molecule has 1 unspecified atom stereocenters. The highest BCUT2D eigenvalue weighted by Crippen LogP contribution is 2.52. The molecule has 2 aliphatic heterocycles. The van der Waals surface area contributed by atoms with E-state index < -0.39 is 22.8 Å². The molecule has 162 valence electrons. The average Bonchev–Trinajstić information content (AvgIpc) is 3.18. The number of rotatable bonds is 5. The van der Waals surface area contributed by atoms with Gasteiger partial charge in [-0.3, -0.25) is 14.4 Å². The molecule has 8 heteroatoms. The number of fused-ring (bicyclic) bond motifs is 5. The molecule has 0 radical (unpaired) electrons. The number of amides is 2. The maximum atomic E-state index is 14.1. The Labute approximate surface area is 188 Å². The number of carbonyl (C=O) groups is 2. The topological polar surface area (TPSA) is 80.1 Å². The molecular formula is C24H19ClN2O5. The fraction of sp³-hybridized carbons (Fsp3) is 0.208. The van der Waals surface area contributed by atoms with Crippen molar-refractivity contribution in [2.45, 2.75) is 5.54 Å². The second-order valence-electron chi connectivity index (χ2n) is 7.66. The van der Waals surface area contributed by atoms with Crippen molar-refractivity contribution < 1.29 is 18.7 Å². The fourth-order valence-corrected chi connectivity index (χ4v) is 4.93. The van der Waals surface area contributed by atoms with Crippen LogP contribution in [0.5, 0.6) is 0 Å². The summed E-state index contributed by atoms with van der Waals surface area (Å²) < 4.78 is 11.1. The number of hydrogen-bond donors (Lipinski definition) is 0. The summed E-state index contributed by atoms with van der Waals surface area (Å²) in [6.07, 6.45) is 1.60. The first kappa shape index (κ1) is 20.5. The summed E-state index contributed by atoms with van der Waals surface area (Å²) in [5.74, 6) is -1.07. The lowest BCUT2D eigenvalue weighted by molar-refractivity contribution is -0.126. The zero-order valence-corrected chi connectivity index (χ0v) is 18.0. The maximum absolute atomic E-state index is 14.1. The van der Waals surface area contributed by atoms with Gasteiger partial charge in [0, 0.05) is 30.8 Å². The molecule has 3 heterocycles. The van der Waals surface area contributed by atoms with E-state index in [-0.39, 0.29) is 42.0 Å². The Morgan fingerprint density at radius 1 is 1.19 bits per heavy atom. The molecule has 0 saturated carbocycles. The lowest BCUT2D eigenvalue weighted by Gasteiger charge is -2.34. The monoisotopic (exact) mass is 450 g/mol. The van der Waals surface area contributed by atoms with E-state index in [1.165, 1.54) is 23.0 Å². The highest BCUT2D eigenvalue weighted by Gasteiger charge is 2.64. The SMILES string of the molecule is C=CCN1C(=O)C2(c3ccccc31)c1c(oc3ccc(Cl)cc3c1=O)C(=O)N2CCOC.